The number of hydrogen-bond donors (Lipinski definition) is 1. The molecule has 1 aromatic heterocycles. The van der Waals surface area contributed by atoms with Gasteiger partial charge < -0.3 is 4.57 Å². The van der Waals surface area contributed by atoms with Crippen molar-refractivity contribution < 1.29 is 4.79 Å². The highest BCUT2D eigenvalue weighted by Crippen LogP contribution is 2.22. The van der Waals surface area contributed by atoms with Crippen LogP contribution in [-0.4, -0.2) is 27.4 Å². The molecule has 0 aliphatic carbocycles. The molecule has 1 heterocycles. The van der Waals surface area contributed by atoms with E-state index in [0.29, 0.717) is 5.02 Å². The lowest BCUT2D eigenvalue weighted by Gasteiger charge is -2.01. The molecule has 3 rings (SSSR count). The van der Waals surface area contributed by atoms with Crippen LogP contribution in [-0.2, 0) is 11.8 Å². The molecule has 0 bridgehead atoms. The molecular formula is C17H15ClN4OS. The molecule has 2 aromatic carbocycles. The van der Waals surface area contributed by atoms with Crippen molar-refractivity contribution in [1.82, 2.24) is 15.0 Å². The Hall–Kier alpha value is -2.31. The molecule has 0 saturated heterocycles. The predicted molar refractivity (Wildman–Crippen MR) is 98.6 cm³/mol. The lowest BCUT2D eigenvalue weighted by molar-refractivity contribution is -0.118. The fraction of sp³-hybridized carbons (Fsp3) is 0.118. The number of fused-ring (bicyclic) bond motifs is 1. The van der Waals surface area contributed by atoms with Crippen LogP contribution < -0.4 is 5.43 Å². The van der Waals surface area contributed by atoms with Gasteiger partial charge in [-0.1, -0.05) is 47.6 Å². The maximum Gasteiger partial charge on any atom is 0.250 e. The third-order valence-corrected chi connectivity index (χ3v) is 4.59. The number of aromatic nitrogens is 2. The summed E-state index contributed by atoms with van der Waals surface area (Å²) in [6, 6.07) is 15.1. The average molecular weight is 359 g/mol. The zero-order valence-corrected chi connectivity index (χ0v) is 14.5. The van der Waals surface area contributed by atoms with Crippen LogP contribution in [0.15, 0.2) is 58.8 Å². The van der Waals surface area contributed by atoms with Gasteiger partial charge in [-0.25, -0.2) is 10.4 Å². The van der Waals surface area contributed by atoms with E-state index in [9.17, 15) is 4.79 Å². The molecule has 0 aliphatic heterocycles. The number of halogens is 1. The van der Waals surface area contributed by atoms with Crippen LogP contribution >= 0.6 is 23.4 Å². The van der Waals surface area contributed by atoms with E-state index >= 15 is 0 Å². The number of thioether (sulfide) groups is 1. The predicted octanol–water partition coefficient (Wildman–Crippen LogP) is 3.47. The summed E-state index contributed by atoms with van der Waals surface area (Å²) in [4.78, 5) is 16.4. The van der Waals surface area contributed by atoms with Crippen molar-refractivity contribution in [2.24, 2.45) is 12.1 Å². The van der Waals surface area contributed by atoms with E-state index in [4.69, 9.17) is 11.6 Å². The summed E-state index contributed by atoms with van der Waals surface area (Å²) in [6.07, 6.45) is 1.56. The number of rotatable bonds is 5. The number of carbonyl (C=O) groups excluding carboxylic acids is 1. The van der Waals surface area contributed by atoms with E-state index in [0.717, 1.165) is 21.8 Å². The molecule has 0 unspecified atom stereocenters. The van der Waals surface area contributed by atoms with Gasteiger partial charge in [-0.2, -0.15) is 5.10 Å². The fourth-order valence-electron chi connectivity index (χ4n) is 2.18. The van der Waals surface area contributed by atoms with Gasteiger partial charge in [-0.05, 0) is 29.8 Å². The highest BCUT2D eigenvalue weighted by molar-refractivity contribution is 7.99. The van der Waals surface area contributed by atoms with Gasteiger partial charge in [0.15, 0.2) is 5.16 Å². The summed E-state index contributed by atoms with van der Waals surface area (Å²) in [5.74, 6) is 0.0506. The smallest absolute Gasteiger partial charge is 0.250 e. The molecule has 1 amide bonds. The molecule has 0 spiro atoms. The van der Waals surface area contributed by atoms with Crippen molar-refractivity contribution in [3.05, 3.63) is 59.1 Å². The maximum absolute atomic E-state index is 11.9. The number of aryl methyl sites for hydroxylation is 1. The first-order valence-electron chi connectivity index (χ1n) is 7.25. The van der Waals surface area contributed by atoms with Crippen molar-refractivity contribution in [2.75, 3.05) is 5.75 Å². The van der Waals surface area contributed by atoms with Crippen molar-refractivity contribution in [1.29, 1.82) is 0 Å². The third-order valence-electron chi connectivity index (χ3n) is 3.33. The second-order valence-electron chi connectivity index (χ2n) is 5.08. The lowest BCUT2D eigenvalue weighted by atomic mass is 10.2. The second-order valence-corrected chi connectivity index (χ2v) is 6.46. The number of imidazole rings is 1. The number of para-hydroxylation sites is 2. The molecule has 0 saturated carbocycles. The molecule has 1 N–H and O–H groups in total. The minimum absolute atomic E-state index is 0.190. The molecule has 7 heteroatoms. The highest BCUT2D eigenvalue weighted by Gasteiger charge is 2.09. The summed E-state index contributed by atoms with van der Waals surface area (Å²) in [5, 5.41) is 5.36. The maximum atomic E-state index is 11.9. The van der Waals surface area contributed by atoms with E-state index in [2.05, 4.69) is 15.5 Å². The number of hydrogen-bond acceptors (Lipinski definition) is 4. The quantitative estimate of drug-likeness (QED) is 0.431. The number of nitrogens with zero attached hydrogens (tertiary/aromatic N) is 3. The molecule has 3 aromatic rings. The summed E-state index contributed by atoms with van der Waals surface area (Å²) in [5.41, 5.74) is 5.29. The Morgan fingerprint density at radius 1 is 1.33 bits per heavy atom. The van der Waals surface area contributed by atoms with Crippen molar-refractivity contribution >= 4 is 46.5 Å². The first-order valence-corrected chi connectivity index (χ1v) is 8.61. The minimum Gasteiger partial charge on any atom is -0.322 e. The highest BCUT2D eigenvalue weighted by atomic mass is 35.5. The van der Waals surface area contributed by atoms with Crippen LogP contribution in [0.5, 0.6) is 0 Å². The van der Waals surface area contributed by atoms with Crippen molar-refractivity contribution in [2.45, 2.75) is 5.16 Å². The molecular weight excluding hydrogens is 344 g/mol. The molecule has 0 fully saturated rings. The number of amides is 1. The molecule has 122 valence electrons. The van der Waals surface area contributed by atoms with Gasteiger partial charge in [0, 0.05) is 12.1 Å². The van der Waals surface area contributed by atoms with Gasteiger partial charge in [0.1, 0.15) is 0 Å². The van der Waals surface area contributed by atoms with E-state index in [-0.39, 0.29) is 11.7 Å². The summed E-state index contributed by atoms with van der Waals surface area (Å²) < 4.78 is 1.97. The van der Waals surface area contributed by atoms with Crippen LogP contribution in [0.2, 0.25) is 5.02 Å². The molecule has 0 radical (unpaired) electrons. The SMILES string of the molecule is Cn1c(SCC(=O)NN=Cc2cccc(Cl)c2)nc2ccccc21. The van der Waals surface area contributed by atoms with Crippen LogP contribution in [0.3, 0.4) is 0 Å². The molecule has 0 atom stereocenters. The Labute approximate surface area is 148 Å². The number of nitrogens with one attached hydrogen (secondary N) is 1. The van der Waals surface area contributed by atoms with Crippen LogP contribution in [0.25, 0.3) is 11.0 Å². The van der Waals surface area contributed by atoms with Gasteiger partial charge in [0.25, 0.3) is 5.91 Å². The standard InChI is InChI=1S/C17H15ClN4OS/c1-22-15-8-3-2-7-14(15)20-17(22)24-11-16(23)21-19-10-12-5-4-6-13(18)9-12/h2-10H,11H2,1H3,(H,21,23). The minimum atomic E-state index is -0.190. The summed E-state index contributed by atoms with van der Waals surface area (Å²) in [6.45, 7) is 0. The van der Waals surface area contributed by atoms with Crippen LogP contribution in [0, 0.1) is 0 Å². The van der Waals surface area contributed by atoms with Gasteiger partial charge in [0.05, 0.1) is 23.0 Å². The largest absolute Gasteiger partial charge is 0.322 e. The van der Waals surface area contributed by atoms with Gasteiger partial charge >= 0.3 is 0 Å². The van der Waals surface area contributed by atoms with Gasteiger partial charge in [-0.3, -0.25) is 4.79 Å². The molecule has 0 aliphatic rings. The van der Waals surface area contributed by atoms with E-state index < -0.39 is 0 Å². The Balaban J connectivity index is 1.56. The third kappa shape index (κ3) is 3.96. The van der Waals surface area contributed by atoms with Crippen LogP contribution in [0.4, 0.5) is 0 Å². The number of benzene rings is 2. The molecule has 5 nitrogen and oxygen atoms in total. The Kier molecular flexibility index (Phi) is 5.17. The summed E-state index contributed by atoms with van der Waals surface area (Å²) >= 11 is 7.26. The topological polar surface area (TPSA) is 59.3 Å². The van der Waals surface area contributed by atoms with Crippen LogP contribution in [0.1, 0.15) is 5.56 Å². The zero-order chi connectivity index (χ0) is 16.9. The summed E-state index contributed by atoms with van der Waals surface area (Å²) in [7, 11) is 1.94. The Bertz CT molecular complexity index is 906. The first kappa shape index (κ1) is 16.5. The monoisotopic (exact) mass is 358 g/mol. The van der Waals surface area contributed by atoms with Crippen molar-refractivity contribution in [3.63, 3.8) is 0 Å². The normalized spacial score (nSPS) is 11.2. The van der Waals surface area contributed by atoms with E-state index in [1.165, 1.54) is 11.8 Å². The zero-order valence-electron chi connectivity index (χ0n) is 12.9. The van der Waals surface area contributed by atoms with Gasteiger partial charge in [-0.15, -0.1) is 0 Å². The average Bonchev–Trinajstić information content (AvgIpc) is 2.90. The van der Waals surface area contributed by atoms with Gasteiger partial charge in [0.2, 0.25) is 0 Å². The Morgan fingerprint density at radius 2 is 2.17 bits per heavy atom. The number of hydrazone groups is 1. The Morgan fingerprint density at radius 3 is 2.96 bits per heavy atom. The first-order chi connectivity index (χ1) is 11.6. The molecule has 24 heavy (non-hydrogen) atoms. The fourth-order valence-corrected chi connectivity index (χ4v) is 3.16. The van der Waals surface area contributed by atoms with E-state index in [1.807, 2.05) is 48.0 Å². The second kappa shape index (κ2) is 7.51. The number of carbonyl (C=O) groups is 1. The lowest BCUT2D eigenvalue weighted by Crippen LogP contribution is -2.19. The van der Waals surface area contributed by atoms with Crippen molar-refractivity contribution in [3.8, 4) is 0 Å². The van der Waals surface area contributed by atoms with E-state index in [1.54, 1.807) is 18.3 Å².